The van der Waals surface area contributed by atoms with Crippen molar-refractivity contribution >= 4 is 37.1 Å². The van der Waals surface area contributed by atoms with Crippen LogP contribution in [0.5, 0.6) is 0 Å². The number of hydrogen-bond acceptors (Lipinski definition) is 9. The van der Waals surface area contributed by atoms with Crippen molar-refractivity contribution < 1.29 is 13.2 Å². The standard InChI is InChI=1S/C38H41N5O3S2/c1-22(2)27-21-48(44,45)37-34(32-20-25-11-16-41-38(36(25)47-32)43-29-9-8-28-26(29)5-4-14-39-28)33(31-19-23(3)10-15-40-31)30(42-35(27)37)7-6-24-12-17-46-18-13-24/h4-5,10-11,14-16,19-20,22,24,27,29H,6-9,12-13,17-18,21H2,1-3H3,(H,41,43)/t27-,29?/m0/s1. The van der Waals surface area contributed by atoms with E-state index in [0.717, 1.165) is 112 Å². The highest BCUT2D eigenvalue weighted by atomic mass is 32.2. The van der Waals surface area contributed by atoms with E-state index in [1.165, 1.54) is 5.56 Å². The molecule has 2 atom stereocenters. The minimum atomic E-state index is -3.61. The van der Waals surface area contributed by atoms with Gasteiger partial charge >= 0.3 is 0 Å². The number of nitrogens with one attached hydrogen (secondary N) is 1. The molecular weight excluding hydrogens is 639 g/mol. The zero-order valence-corrected chi connectivity index (χ0v) is 29.3. The summed E-state index contributed by atoms with van der Waals surface area (Å²) in [4.78, 5) is 20.9. The number of rotatable bonds is 8. The van der Waals surface area contributed by atoms with E-state index >= 15 is 0 Å². The van der Waals surface area contributed by atoms with Crippen molar-refractivity contribution in [1.29, 1.82) is 0 Å². The Bertz CT molecular complexity index is 2120. The summed E-state index contributed by atoms with van der Waals surface area (Å²) >= 11 is 1.61. The predicted molar refractivity (Wildman–Crippen MR) is 191 cm³/mol. The van der Waals surface area contributed by atoms with E-state index in [1.807, 2.05) is 36.8 Å². The van der Waals surface area contributed by atoms with Crippen LogP contribution in [0.3, 0.4) is 0 Å². The molecule has 2 aliphatic heterocycles. The lowest BCUT2D eigenvalue weighted by atomic mass is 9.88. The fourth-order valence-corrected chi connectivity index (χ4v) is 11.2. The molecule has 1 fully saturated rings. The molecule has 7 heterocycles. The normalized spacial score (nSPS) is 20.3. The molecule has 0 bridgehead atoms. The monoisotopic (exact) mass is 679 g/mol. The second kappa shape index (κ2) is 12.6. The Balaban J connectivity index is 1.33. The van der Waals surface area contributed by atoms with Gasteiger partial charge in [-0.25, -0.2) is 13.4 Å². The van der Waals surface area contributed by atoms with E-state index in [2.05, 4.69) is 49.3 Å². The van der Waals surface area contributed by atoms with Gasteiger partial charge in [0.25, 0.3) is 0 Å². The van der Waals surface area contributed by atoms with Crippen molar-refractivity contribution in [3.05, 3.63) is 83.2 Å². The van der Waals surface area contributed by atoms with E-state index in [0.29, 0.717) is 10.8 Å². The van der Waals surface area contributed by atoms with E-state index in [9.17, 15) is 8.42 Å². The molecule has 3 aliphatic rings. The first-order chi connectivity index (χ1) is 23.3. The van der Waals surface area contributed by atoms with Gasteiger partial charge in [-0.2, -0.15) is 0 Å². The second-order valence-electron chi connectivity index (χ2n) is 13.9. The quantitative estimate of drug-likeness (QED) is 0.175. The molecule has 0 aromatic carbocycles. The molecule has 1 N–H and O–H groups in total. The highest BCUT2D eigenvalue weighted by Crippen LogP contribution is 2.51. The number of thiophene rings is 1. The van der Waals surface area contributed by atoms with Gasteiger partial charge in [-0.1, -0.05) is 19.9 Å². The Kier molecular flexibility index (Phi) is 8.29. The van der Waals surface area contributed by atoms with Crippen molar-refractivity contribution in [1.82, 2.24) is 19.9 Å². The number of sulfone groups is 1. The average Bonchev–Trinajstić information content (AvgIpc) is 3.78. The largest absolute Gasteiger partial charge is 0.381 e. The summed E-state index contributed by atoms with van der Waals surface area (Å²) in [5.74, 6) is 1.43. The second-order valence-corrected chi connectivity index (χ2v) is 17.0. The van der Waals surface area contributed by atoms with E-state index in [4.69, 9.17) is 19.7 Å². The van der Waals surface area contributed by atoms with Gasteiger partial charge < -0.3 is 10.1 Å². The number of fused-ring (bicyclic) bond motifs is 3. The van der Waals surface area contributed by atoms with Crippen LogP contribution in [0.25, 0.3) is 31.8 Å². The molecule has 0 saturated carbocycles. The van der Waals surface area contributed by atoms with Crippen molar-refractivity contribution in [2.24, 2.45) is 11.8 Å². The highest BCUT2D eigenvalue weighted by molar-refractivity contribution is 7.92. The van der Waals surface area contributed by atoms with Crippen molar-refractivity contribution in [3.63, 3.8) is 0 Å². The van der Waals surface area contributed by atoms with Gasteiger partial charge in [0, 0.05) is 59.4 Å². The Morgan fingerprint density at radius 3 is 2.65 bits per heavy atom. The fourth-order valence-electron chi connectivity index (χ4n) is 7.77. The summed E-state index contributed by atoms with van der Waals surface area (Å²) in [5, 5.41) is 4.76. The molecule has 1 saturated heterocycles. The van der Waals surface area contributed by atoms with Gasteiger partial charge in [-0.3, -0.25) is 15.0 Å². The predicted octanol–water partition coefficient (Wildman–Crippen LogP) is 8.11. The lowest BCUT2D eigenvalue weighted by molar-refractivity contribution is 0.0639. The summed E-state index contributed by atoms with van der Waals surface area (Å²) in [5.41, 5.74) is 7.47. The molecule has 48 heavy (non-hydrogen) atoms. The van der Waals surface area contributed by atoms with Crippen LogP contribution in [0.15, 0.2) is 59.9 Å². The van der Waals surface area contributed by atoms with Crippen LogP contribution < -0.4 is 5.32 Å². The maximum Gasteiger partial charge on any atom is 0.181 e. The van der Waals surface area contributed by atoms with Gasteiger partial charge in [0.05, 0.1) is 38.5 Å². The fraction of sp³-hybridized carbons (Fsp3) is 0.421. The van der Waals surface area contributed by atoms with Crippen LogP contribution in [0.1, 0.15) is 79.7 Å². The Morgan fingerprint density at radius 1 is 1.00 bits per heavy atom. The molecular formula is C38H41N5O3S2. The third-order valence-electron chi connectivity index (χ3n) is 10.4. The lowest BCUT2D eigenvalue weighted by Crippen LogP contribution is -2.17. The molecule has 1 aliphatic carbocycles. The first-order valence-electron chi connectivity index (χ1n) is 17.2. The van der Waals surface area contributed by atoms with Crippen LogP contribution in [0.4, 0.5) is 5.82 Å². The zero-order valence-electron chi connectivity index (χ0n) is 27.7. The number of hydrogen-bond donors (Lipinski definition) is 1. The molecule has 248 valence electrons. The number of anilines is 1. The number of ether oxygens (including phenoxy) is 1. The maximum atomic E-state index is 14.3. The maximum absolute atomic E-state index is 14.3. The molecule has 8 nitrogen and oxygen atoms in total. The molecule has 1 unspecified atom stereocenters. The Hall–Kier alpha value is -3.73. The van der Waals surface area contributed by atoms with Crippen LogP contribution in [-0.4, -0.2) is 47.3 Å². The molecule has 5 aromatic rings. The SMILES string of the molecule is Cc1ccnc(-c2c(CCC3CCOCC3)nc3c(c2-c2cc4ccnc(NC5CCc6ncccc65)c4s2)S(=O)(=O)C[C@H]3C(C)C)c1. The third-order valence-corrected chi connectivity index (χ3v) is 13.4. The summed E-state index contributed by atoms with van der Waals surface area (Å²) < 4.78 is 35.2. The molecule has 0 amide bonds. The van der Waals surface area contributed by atoms with Crippen molar-refractivity contribution in [3.8, 4) is 21.7 Å². The third kappa shape index (κ3) is 5.71. The first-order valence-corrected chi connectivity index (χ1v) is 19.6. The van der Waals surface area contributed by atoms with Crippen molar-refractivity contribution in [2.75, 3.05) is 24.3 Å². The summed E-state index contributed by atoms with van der Waals surface area (Å²) in [6.45, 7) is 7.85. The van der Waals surface area contributed by atoms with E-state index < -0.39 is 9.84 Å². The first kappa shape index (κ1) is 31.5. The number of aromatic nitrogens is 4. The van der Waals surface area contributed by atoms with Crippen LogP contribution in [0, 0.1) is 18.8 Å². The van der Waals surface area contributed by atoms with Crippen LogP contribution in [-0.2, 0) is 27.4 Å². The van der Waals surface area contributed by atoms with Gasteiger partial charge in [0.1, 0.15) is 5.82 Å². The van der Waals surface area contributed by atoms with Gasteiger partial charge in [-0.05, 0) is 104 Å². The van der Waals surface area contributed by atoms with E-state index in [-0.39, 0.29) is 23.6 Å². The van der Waals surface area contributed by atoms with Crippen molar-refractivity contribution in [2.45, 2.75) is 76.2 Å². The minimum Gasteiger partial charge on any atom is -0.381 e. The molecule has 10 heteroatoms. The lowest BCUT2D eigenvalue weighted by Gasteiger charge is -2.23. The molecule has 5 aromatic heterocycles. The van der Waals surface area contributed by atoms with Crippen LogP contribution >= 0.6 is 11.3 Å². The minimum absolute atomic E-state index is 0.0818. The number of aryl methyl sites for hydroxylation is 3. The molecule has 0 spiro atoms. The zero-order chi connectivity index (χ0) is 33.0. The number of pyridine rings is 4. The summed E-state index contributed by atoms with van der Waals surface area (Å²) in [7, 11) is -3.61. The Labute approximate surface area is 286 Å². The molecule has 8 rings (SSSR count). The van der Waals surface area contributed by atoms with E-state index in [1.54, 1.807) is 11.3 Å². The number of nitrogens with zero attached hydrogens (tertiary/aromatic N) is 4. The Morgan fingerprint density at radius 2 is 1.83 bits per heavy atom. The molecule has 0 radical (unpaired) electrons. The van der Waals surface area contributed by atoms with Gasteiger partial charge in [0.15, 0.2) is 9.84 Å². The topological polar surface area (TPSA) is 107 Å². The van der Waals surface area contributed by atoms with Crippen LogP contribution in [0.2, 0.25) is 0 Å². The average molecular weight is 680 g/mol. The summed E-state index contributed by atoms with van der Waals surface area (Å²) in [6, 6.07) is 12.5. The smallest absolute Gasteiger partial charge is 0.181 e. The van der Waals surface area contributed by atoms with Gasteiger partial charge in [-0.15, -0.1) is 11.3 Å². The van der Waals surface area contributed by atoms with Gasteiger partial charge in [0.2, 0.25) is 0 Å². The summed E-state index contributed by atoms with van der Waals surface area (Å²) in [6.07, 6.45) is 11.2. The highest BCUT2D eigenvalue weighted by Gasteiger charge is 2.42.